The van der Waals surface area contributed by atoms with Crippen LogP contribution in [-0.4, -0.2) is 48.7 Å². The first kappa shape index (κ1) is 18.8. The van der Waals surface area contributed by atoms with Gasteiger partial charge in [-0.15, -0.1) is 0 Å². The van der Waals surface area contributed by atoms with Crippen molar-refractivity contribution in [3.05, 3.63) is 71.8 Å². The van der Waals surface area contributed by atoms with Crippen LogP contribution in [0, 0.1) is 0 Å². The summed E-state index contributed by atoms with van der Waals surface area (Å²) >= 11 is 0. The van der Waals surface area contributed by atoms with E-state index in [4.69, 9.17) is 9.47 Å². The van der Waals surface area contributed by atoms with Gasteiger partial charge in [0.15, 0.2) is 12.1 Å². The molecule has 146 valence electrons. The number of hydrogen-bond acceptors (Lipinski definition) is 4. The lowest BCUT2D eigenvalue weighted by atomic mass is 9.85. The minimum atomic E-state index is -0.729. The first-order valence-corrected chi connectivity index (χ1v) is 9.85. The van der Waals surface area contributed by atoms with Crippen LogP contribution in [0.1, 0.15) is 41.1 Å². The molecular formula is C23H25NO4. The second-order valence-electron chi connectivity index (χ2n) is 7.41. The SMILES string of the molecule is CN1C(=O)C(OC2CCCCO2)C(c2ccccc2)[C@H]1C(=O)c1ccccc1. The fourth-order valence-corrected chi connectivity index (χ4v) is 4.17. The van der Waals surface area contributed by atoms with Gasteiger partial charge in [-0.25, -0.2) is 0 Å². The largest absolute Gasteiger partial charge is 0.353 e. The average molecular weight is 379 g/mol. The zero-order chi connectivity index (χ0) is 19.5. The van der Waals surface area contributed by atoms with Crippen LogP contribution in [0.25, 0.3) is 0 Å². The molecule has 2 heterocycles. The van der Waals surface area contributed by atoms with Gasteiger partial charge in [0, 0.05) is 25.1 Å². The number of rotatable bonds is 5. The van der Waals surface area contributed by atoms with Crippen molar-refractivity contribution in [1.29, 1.82) is 0 Å². The Morgan fingerprint density at radius 3 is 2.36 bits per heavy atom. The maximum absolute atomic E-state index is 13.3. The predicted molar refractivity (Wildman–Crippen MR) is 105 cm³/mol. The van der Waals surface area contributed by atoms with Gasteiger partial charge in [-0.1, -0.05) is 60.7 Å². The Labute approximate surface area is 165 Å². The Morgan fingerprint density at radius 2 is 1.71 bits per heavy atom. The van der Waals surface area contributed by atoms with Crippen LogP contribution in [-0.2, 0) is 14.3 Å². The molecule has 4 rings (SSSR count). The third-order valence-electron chi connectivity index (χ3n) is 5.62. The molecule has 0 radical (unpaired) electrons. The molecule has 1 amide bonds. The lowest BCUT2D eigenvalue weighted by Crippen LogP contribution is -2.38. The molecule has 2 aromatic carbocycles. The van der Waals surface area contributed by atoms with Crippen LogP contribution in [0.15, 0.2) is 60.7 Å². The number of likely N-dealkylation sites (N-methyl/N-ethyl adjacent to an activating group) is 1. The van der Waals surface area contributed by atoms with Gasteiger partial charge in [-0.05, 0) is 24.8 Å². The highest BCUT2D eigenvalue weighted by molar-refractivity contribution is 6.05. The van der Waals surface area contributed by atoms with Crippen molar-refractivity contribution in [2.75, 3.05) is 13.7 Å². The van der Waals surface area contributed by atoms with Gasteiger partial charge >= 0.3 is 0 Å². The van der Waals surface area contributed by atoms with Crippen LogP contribution in [0.2, 0.25) is 0 Å². The lowest BCUT2D eigenvalue weighted by molar-refractivity contribution is -0.192. The van der Waals surface area contributed by atoms with E-state index in [0.29, 0.717) is 12.2 Å². The number of Topliss-reactive ketones (excluding diaryl/α,β-unsaturated/α-hetero) is 1. The van der Waals surface area contributed by atoms with Crippen LogP contribution in [0.3, 0.4) is 0 Å². The molecule has 3 unspecified atom stereocenters. The van der Waals surface area contributed by atoms with Gasteiger partial charge in [0.2, 0.25) is 0 Å². The number of ether oxygens (including phenoxy) is 2. The molecule has 2 aromatic rings. The minimum Gasteiger partial charge on any atom is -0.353 e. The molecule has 2 aliphatic heterocycles. The van der Waals surface area contributed by atoms with E-state index in [-0.39, 0.29) is 17.6 Å². The van der Waals surface area contributed by atoms with Crippen molar-refractivity contribution in [3.63, 3.8) is 0 Å². The summed E-state index contributed by atoms with van der Waals surface area (Å²) in [4.78, 5) is 28.0. The number of nitrogens with zero attached hydrogens (tertiary/aromatic N) is 1. The summed E-state index contributed by atoms with van der Waals surface area (Å²) in [5.74, 6) is -0.616. The van der Waals surface area contributed by atoms with Crippen molar-refractivity contribution in [2.45, 2.75) is 43.6 Å². The molecule has 2 saturated heterocycles. The Morgan fingerprint density at radius 1 is 1.04 bits per heavy atom. The normalized spacial score (nSPS) is 27.8. The first-order valence-electron chi connectivity index (χ1n) is 9.85. The molecule has 0 N–H and O–H groups in total. The maximum atomic E-state index is 13.3. The lowest BCUT2D eigenvalue weighted by Gasteiger charge is -2.28. The van der Waals surface area contributed by atoms with E-state index in [9.17, 15) is 9.59 Å². The van der Waals surface area contributed by atoms with Crippen LogP contribution in [0.4, 0.5) is 0 Å². The summed E-state index contributed by atoms with van der Waals surface area (Å²) in [5.41, 5.74) is 1.53. The predicted octanol–water partition coefficient (Wildman–Crippen LogP) is 3.41. The van der Waals surface area contributed by atoms with E-state index in [1.54, 1.807) is 24.1 Å². The van der Waals surface area contributed by atoms with Gasteiger partial charge in [0.25, 0.3) is 5.91 Å². The topological polar surface area (TPSA) is 55.8 Å². The zero-order valence-corrected chi connectivity index (χ0v) is 16.0. The van der Waals surface area contributed by atoms with E-state index in [1.807, 2.05) is 48.5 Å². The summed E-state index contributed by atoms with van der Waals surface area (Å²) in [6.45, 7) is 0.643. The number of ketones is 1. The summed E-state index contributed by atoms with van der Waals surface area (Å²) < 4.78 is 11.9. The smallest absolute Gasteiger partial charge is 0.252 e. The Bertz CT molecular complexity index is 817. The third kappa shape index (κ3) is 3.60. The molecule has 0 aromatic heterocycles. The van der Waals surface area contributed by atoms with Crippen LogP contribution < -0.4 is 0 Å². The van der Waals surface area contributed by atoms with E-state index >= 15 is 0 Å². The quantitative estimate of drug-likeness (QED) is 0.747. The Hall–Kier alpha value is -2.50. The number of benzene rings is 2. The van der Waals surface area contributed by atoms with E-state index in [0.717, 1.165) is 24.8 Å². The zero-order valence-electron chi connectivity index (χ0n) is 16.0. The fourth-order valence-electron chi connectivity index (χ4n) is 4.17. The molecule has 0 spiro atoms. The molecule has 2 fully saturated rings. The molecule has 0 bridgehead atoms. The third-order valence-corrected chi connectivity index (χ3v) is 5.62. The number of carbonyl (C=O) groups is 2. The maximum Gasteiger partial charge on any atom is 0.252 e. The summed E-state index contributed by atoms with van der Waals surface area (Å²) in [5, 5.41) is 0. The minimum absolute atomic E-state index is 0.0686. The highest BCUT2D eigenvalue weighted by atomic mass is 16.7. The van der Waals surface area contributed by atoms with Crippen molar-refractivity contribution in [3.8, 4) is 0 Å². The highest BCUT2D eigenvalue weighted by Crippen LogP contribution is 2.38. The van der Waals surface area contributed by atoms with Crippen LogP contribution >= 0.6 is 0 Å². The number of hydrogen-bond donors (Lipinski definition) is 0. The second-order valence-corrected chi connectivity index (χ2v) is 7.41. The molecular weight excluding hydrogens is 354 g/mol. The Kier molecular flexibility index (Phi) is 5.55. The van der Waals surface area contributed by atoms with Gasteiger partial charge < -0.3 is 14.4 Å². The van der Waals surface area contributed by atoms with E-state index in [1.165, 1.54) is 0 Å². The number of amides is 1. The van der Waals surface area contributed by atoms with E-state index < -0.39 is 18.4 Å². The highest BCUT2D eigenvalue weighted by Gasteiger charge is 2.52. The molecule has 4 atom stereocenters. The van der Waals surface area contributed by atoms with Gasteiger partial charge in [0.1, 0.15) is 12.1 Å². The monoisotopic (exact) mass is 379 g/mol. The Balaban J connectivity index is 1.69. The molecule has 0 aliphatic carbocycles. The van der Waals surface area contributed by atoms with Crippen LogP contribution in [0.5, 0.6) is 0 Å². The second kappa shape index (κ2) is 8.25. The number of likely N-dealkylation sites (tertiary alicyclic amines) is 1. The van der Waals surface area contributed by atoms with Gasteiger partial charge in [0.05, 0.1) is 0 Å². The summed E-state index contributed by atoms with van der Waals surface area (Å²) in [6, 6.07) is 18.2. The molecule has 2 aliphatic rings. The average Bonchev–Trinajstić information content (AvgIpc) is 3.00. The first-order chi connectivity index (χ1) is 13.7. The van der Waals surface area contributed by atoms with Crippen molar-refractivity contribution >= 4 is 11.7 Å². The van der Waals surface area contributed by atoms with Crippen molar-refractivity contribution < 1.29 is 19.1 Å². The van der Waals surface area contributed by atoms with Gasteiger partial charge in [-0.3, -0.25) is 9.59 Å². The van der Waals surface area contributed by atoms with Gasteiger partial charge in [-0.2, -0.15) is 0 Å². The standard InChI is InChI=1S/C23H25NO4/c1-24-20(21(25)17-12-6-3-7-13-17)19(16-10-4-2-5-11-16)22(23(24)26)28-18-14-8-9-15-27-18/h2-7,10-13,18-20,22H,8-9,14-15H2,1H3/t18?,19?,20-,22?/m0/s1. The molecule has 5 nitrogen and oxygen atoms in total. The fraction of sp³-hybridized carbons (Fsp3) is 0.391. The molecule has 28 heavy (non-hydrogen) atoms. The van der Waals surface area contributed by atoms with Crippen molar-refractivity contribution in [2.24, 2.45) is 0 Å². The molecule has 5 heteroatoms. The van der Waals surface area contributed by atoms with E-state index in [2.05, 4.69) is 0 Å². The molecule has 0 saturated carbocycles. The summed E-state index contributed by atoms with van der Waals surface area (Å²) in [7, 11) is 1.69. The van der Waals surface area contributed by atoms with Crippen molar-refractivity contribution in [1.82, 2.24) is 4.90 Å². The summed E-state index contributed by atoms with van der Waals surface area (Å²) in [6.07, 6.45) is 1.67. The number of carbonyl (C=O) groups excluding carboxylic acids is 2.